The summed E-state index contributed by atoms with van der Waals surface area (Å²) in [6.45, 7) is 11.0. The highest BCUT2D eigenvalue weighted by molar-refractivity contribution is 5.43. The second-order valence-electron chi connectivity index (χ2n) is 12.5. The number of allylic oxidation sites excluding steroid dienone is 7. The number of aryl methyl sites for hydroxylation is 1. The summed E-state index contributed by atoms with van der Waals surface area (Å²) in [5.74, 6) is 9.31. The minimum Gasteiger partial charge on any atom is -0.489 e. The summed E-state index contributed by atoms with van der Waals surface area (Å²) >= 11 is 0. The molecular weight excluding hydrogens is 592 g/mol. The largest absolute Gasteiger partial charge is 0.489 e. The molecule has 2 unspecified atom stereocenters. The van der Waals surface area contributed by atoms with Gasteiger partial charge in [-0.2, -0.15) is 0 Å². The summed E-state index contributed by atoms with van der Waals surface area (Å²) in [5.41, 5.74) is 4.60. The number of benzene rings is 3. The van der Waals surface area contributed by atoms with Gasteiger partial charge in [-0.25, -0.2) is 5.01 Å². The molecule has 0 radical (unpaired) electrons. The average molecular weight is 647 g/mol. The normalized spacial score (nSPS) is 15.4. The van der Waals surface area contributed by atoms with Gasteiger partial charge < -0.3 is 14.2 Å². The van der Waals surface area contributed by atoms with E-state index in [2.05, 4.69) is 86.3 Å². The molecular formula is C43H54N2O3. The van der Waals surface area contributed by atoms with Crippen molar-refractivity contribution in [2.24, 2.45) is 11.8 Å². The van der Waals surface area contributed by atoms with Crippen molar-refractivity contribution in [3.8, 4) is 11.5 Å². The van der Waals surface area contributed by atoms with E-state index >= 15 is 0 Å². The SMILES string of the molecule is C=C(/C=C\C(=C/C)OCc1ccccc1)CCCC(C)N(N)CCCc1ccc(OCC2C=CCC=CC2)c(OCc2ccccc2)c1. The van der Waals surface area contributed by atoms with E-state index < -0.39 is 0 Å². The van der Waals surface area contributed by atoms with Gasteiger partial charge in [0.15, 0.2) is 11.5 Å². The minimum absolute atomic E-state index is 0.288. The Kier molecular flexibility index (Phi) is 15.8. The fraction of sp³-hybridized carbons (Fsp3) is 0.349. The molecule has 0 bridgehead atoms. The highest BCUT2D eigenvalue weighted by Gasteiger charge is 2.13. The van der Waals surface area contributed by atoms with Crippen molar-refractivity contribution in [2.75, 3.05) is 13.2 Å². The van der Waals surface area contributed by atoms with E-state index in [0.29, 0.717) is 25.7 Å². The van der Waals surface area contributed by atoms with Crippen LogP contribution in [0.25, 0.3) is 0 Å². The van der Waals surface area contributed by atoms with Crippen molar-refractivity contribution in [3.63, 3.8) is 0 Å². The molecule has 0 aliphatic heterocycles. The molecule has 254 valence electrons. The Labute approximate surface area is 289 Å². The number of hydrazine groups is 1. The Bertz CT molecular complexity index is 1490. The molecule has 5 heteroatoms. The molecule has 3 aromatic carbocycles. The van der Waals surface area contributed by atoms with Gasteiger partial charge in [0, 0.05) is 18.5 Å². The number of ether oxygens (including phenoxy) is 3. The first-order chi connectivity index (χ1) is 23.5. The fourth-order valence-corrected chi connectivity index (χ4v) is 5.52. The molecule has 0 amide bonds. The van der Waals surface area contributed by atoms with Crippen molar-refractivity contribution in [3.05, 3.63) is 156 Å². The molecule has 2 atom stereocenters. The van der Waals surface area contributed by atoms with Crippen LogP contribution in [0, 0.1) is 5.92 Å². The van der Waals surface area contributed by atoms with Crippen LogP contribution in [0.1, 0.15) is 69.1 Å². The predicted molar refractivity (Wildman–Crippen MR) is 200 cm³/mol. The lowest BCUT2D eigenvalue weighted by molar-refractivity contribution is 0.199. The predicted octanol–water partition coefficient (Wildman–Crippen LogP) is 10.1. The Morgan fingerprint density at radius 2 is 1.62 bits per heavy atom. The summed E-state index contributed by atoms with van der Waals surface area (Å²) in [4.78, 5) is 0. The van der Waals surface area contributed by atoms with E-state index in [1.807, 2.05) is 60.5 Å². The van der Waals surface area contributed by atoms with Gasteiger partial charge in [-0.1, -0.05) is 109 Å². The first-order valence-electron chi connectivity index (χ1n) is 17.4. The third-order valence-corrected chi connectivity index (χ3v) is 8.57. The molecule has 2 N–H and O–H groups in total. The van der Waals surface area contributed by atoms with Gasteiger partial charge in [0.1, 0.15) is 19.0 Å². The second kappa shape index (κ2) is 20.8. The van der Waals surface area contributed by atoms with Crippen molar-refractivity contribution in [1.82, 2.24) is 5.01 Å². The van der Waals surface area contributed by atoms with Gasteiger partial charge in [-0.15, -0.1) is 0 Å². The van der Waals surface area contributed by atoms with Crippen LogP contribution >= 0.6 is 0 Å². The van der Waals surface area contributed by atoms with Gasteiger partial charge in [0.2, 0.25) is 0 Å². The van der Waals surface area contributed by atoms with Crippen molar-refractivity contribution >= 4 is 0 Å². The molecule has 5 nitrogen and oxygen atoms in total. The first-order valence-corrected chi connectivity index (χ1v) is 17.4. The molecule has 0 aromatic heterocycles. The topological polar surface area (TPSA) is 57.0 Å². The zero-order valence-corrected chi connectivity index (χ0v) is 28.9. The van der Waals surface area contributed by atoms with E-state index in [-0.39, 0.29) is 6.04 Å². The van der Waals surface area contributed by atoms with E-state index in [4.69, 9.17) is 20.1 Å². The van der Waals surface area contributed by atoms with Crippen molar-refractivity contribution in [2.45, 2.75) is 78.0 Å². The molecule has 1 aliphatic rings. The van der Waals surface area contributed by atoms with Crippen LogP contribution in [0.3, 0.4) is 0 Å². The van der Waals surface area contributed by atoms with E-state index in [9.17, 15) is 0 Å². The second-order valence-corrected chi connectivity index (χ2v) is 12.5. The standard InChI is InChI=1S/C43H54N2O3/c1-4-41(46-32-38-21-11-7-12-22-38)28-26-35(2)17-15-18-36(3)45(44)30-16-25-37-27-29-42(47-33-39-19-9-5-6-10-20-39)43(31-37)48-34-40-23-13-8-14-24-40/h4-5,7-14,20-24,26-29,31,36,39H,2,6,15-19,25,30,32-34,44H2,1,3H3/b28-26-,41-4+. The summed E-state index contributed by atoms with van der Waals surface area (Å²) in [6, 6.07) is 27.1. The van der Waals surface area contributed by atoms with Crippen LogP contribution in [-0.4, -0.2) is 24.2 Å². The number of nitrogens with zero attached hydrogens (tertiary/aromatic N) is 1. The van der Waals surface area contributed by atoms with Crippen LogP contribution in [0.4, 0.5) is 0 Å². The Hall–Kier alpha value is -4.32. The molecule has 48 heavy (non-hydrogen) atoms. The molecule has 1 aliphatic carbocycles. The van der Waals surface area contributed by atoms with E-state index in [0.717, 1.165) is 85.4 Å². The maximum absolute atomic E-state index is 6.50. The lowest BCUT2D eigenvalue weighted by atomic mass is 10.0. The summed E-state index contributed by atoms with van der Waals surface area (Å²) < 4.78 is 18.6. The summed E-state index contributed by atoms with van der Waals surface area (Å²) in [5, 5.41) is 1.98. The molecule has 0 fully saturated rings. The maximum atomic E-state index is 6.50. The first kappa shape index (κ1) is 36.5. The molecule has 0 spiro atoms. The van der Waals surface area contributed by atoms with Gasteiger partial charge >= 0.3 is 0 Å². The molecule has 0 saturated heterocycles. The quantitative estimate of drug-likeness (QED) is 0.0435. The van der Waals surface area contributed by atoms with E-state index in [1.54, 1.807) is 0 Å². The molecule has 4 rings (SSSR count). The van der Waals surface area contributed by atoms with Gasteiger partial charge in [0.05, 0.1) is 6.61 Å². The number of hydrogen-bond acceptors (Lipinski definition) is 5. The van der Waals surface area contributed by atoms with Crippen LogP contribution in [-0.2, 0) is 24.4 Å². The average Bonchev–Trinajstić information content (AvgIpc) is 3.40. The van der Waals surface area contributed by atoms with Gasteiger partial charge in [-0.3, -0.25) is 5.84 Å². The lowest BCUT2D eigenvalue weighted by Crippen LogP contribution is -2.40. The molecule has 3 aromatic rings. The van der Waals surface area contributed by atoms with Crippen LogP contribution in [0.2, 0.25) is 0 Å². The lowest BCUT2D eigenvalue weighted by Gasteiger charge is -2.24. The van der Waals surface area contributed by atoms with E-state index in [1.165, 1.54) is 5.56 Å². The van der Waals surface area contributed by atoms with Crippen LogP contribution in [0.5, 0.6) is 11.5 Å². The smallest absolute Gasteiger partial charge is 0.161 e. The van der Waals surface area contributed by atoms with Gasteiger partial charge in [0.25, 0.3) is 0 Å². The van der Waals surface area contributed by atoms with Crippen molar-refractivity contribution in [1.29, 1.82) is 0 Å². The number of hydrogen-bond donors (Lipinski definition) is 1. The summed E-state index contributed by atoms with van der Waals surface area (Å²) in [7, 11) is 0. The van der Waals surface area contributed by atoms with Gasteiger partial charge in [-0.05, 0) is 99.8 Å². The van der Waals surface area contributed by atoms with Crippen molar-refractivity contribution < 1.29 is 14.2 Å². The minimum atomic E-state index is 0.288. The zero-order chi connectivity index (χ0) is 33.8. The third-order valence-electron chi connectivity index (χ3n) is 8.57. The summed E-state index contributed by atoms with van der Waals surface area (Å²) in [6.07, 6.45) is 21.8. The maximum Gasteiger partial charge on any atom is 0.161 e. The van der Waals surface area contributed by atoms with Crippen LogP contribution in [0.15, 0.2) is 139 Å². The van der Waals surface area contributed by atoms with Crippen LogP contribution < -0.4 is 15.3 Å². The highest BCUT2D eigenvalue weighted by Crippen LogP contribution is 2.31. The third kappa shape index (κ3) is 13.4. The number of rotatable bonds is 20. The molecule has 0 saturated carbocycles. The number of nitrogens with two attached hydrogens (primary N) is 1. The Morgan fingerprint density at radius 1 is 0.875 bits per heavy atom. The highest BCUT2D eigenvalue weighted by atomic mass is 16.5. The Balaban J connectivity index is 1.20. The Morgan fingerprint density at radius 3 is 2.38 bits per heavy atom. The zero-order valence-electron chi connectivity index (χ0n) is 28.9. The monoisotopic (exact) mass is 646 g/mol. The fourth-order valence-electron chi connectivity index (χ4n) is 5.52. The molecule has 0 heterocycles.